The normalized spacial score (nSPS) is 11.2. The Kier molecular flexibility index (Phi) is 5.13. The number of nitrogens with one attached hydrogen (secondary N) is 2. The van der Waals surface area contributed by atoms with Crippen LogP contribution in [-0.2, 0) is 14.8 Å². The summed E-state index contributed by atoms with van der Waals surface area (Å²) in [6.07, 6.45) is 0. The van der Waals surface area contributed by atoms with Gasteiger partial charge in [-0.15, -0.1) is 10.2 Å². The minimum absolute atomic E-state index is 0.00458. The monoisotopic (exact) mass is 355 g/mol. The number of aryl methyl sites for hydroxylation is 1. The summed E-state index contributed by atoms with van der Waals surface area (Å²) >= 11 is 1.02. The Bertz CT molecular complexity index is 877. The predicted octanol–water partition coefficient (Wildman–Crippen LogP) is -0.148. The quantitative estimate of drug-likeness (QED) is 0.632. The fourth-order valence-corrected chi connectivity index (χ4v) is 2.62. The molecule has 0 aliphatic heterocycles. The summed E-state index contributed by atoms with van der Waals surface area (Å²) in [6, 6.07) is 5.44. The van der Waals surface area contributed by atoms with Gasteiger partial charge in [0.2, 0.25) is 15.9 Å². The largest absolute Gasteiger partial charge is 0.325 e. The Morgan fingerprint density at radius 3 is 2.52 bits per heavy atom. The number of nitrogens with zero attached hydrogens (tertiary/aromatic N) is 2. The lowest BCUT2D eigenvalue weighted by Gasteiger charge is -2.05. The Labute approximate surface area is 135 Å². The smallest absolute Gasteiger partial charge is 0.273 e. The number of H-pyrrole nitrogens is 1. The molecule has 0 aliphatic rings. The van der Waals surface area contributed by atoms with Crippen molar-refractivity contribution in [2.75, 3.05) is 11.1 Å². The Hall–Kier alpha value is -2.24. The lowest BCUT2D eigenvalue weighted by molar-refractivity contribution is -0.113. The van der Waals surface area contributed by atoms with E-state index >= 15 is 0 Å². The molecule has 23 heavy (non-hydrogen) atoms. The molecule has 9 nitrogen and oxygen atoms in total. The summed E-state index contributed by atoms with van der Waals surface area (Å²) in [5.74, 6) is -0.341. The van der Waals surface area contributed by atoms with Crippen molar-refractivity contribution in [3.8, 4) is 0 Å². The van der Waals surface area contributed by atoms with Crippen LogP contribution >= 0.6 is 11.8 Å². The third-order valence-corrected chi connectivity index (χ3v) is 4.44. The average Bonchev–Trinajstić information content (AvgIpc) is 2.48. The number of anilines is 1. The Morgan fingerprint density at radius 2 is 1.96 bits per heavy atom. The zero-order valence-corrected chi connectivity index (χ0v) is 13.6. The maximum atomic E-state index is 11.8. The molecule has 0 fully saturated rings. The van der Waals surface area contributed by atoms with E-state index in [0.717, 1.165) is 11.8 Å². The minimum atomic E-state index is -3.77. The van der Waals surface area contributed by atoms with Gasteiger partial charge in [-0.1, -0.05) is 11.8 Å². The predicted molar refractivity (Wildman–Crippen MR) is 84.6 cm³/mol. The van der Waals surface area contributed by atoms with Crippen LogP contribution in [0.1, 0.15) is 5.69 Å². The Morgan fingerprint density at radius 1 is 1.30 bits per heavy atom. The number of primary sulfonamides is 1. The molecule has 2 aromatic rings. The average molecular weight is 355 g/mol. The molecule has 0 aliphatic carbocycles. The molecule has 1 aromatic heterocycles. The second kappa shape index (κ2) is 6.89. The molecule has 0 unspecified atom stereocenters. The molecule has 0 saturated heterocycles. The lowest BCUT2D eigenvalue weighted by Crippen LogP contribution is -2.17. The first-order valence-corrected chi connectivity index (χ1v) is 8.78. The van der Waals surface area contributed by atoms with Gasteiger partial charge in [-0.3, -0.25) is 14.6 Å². The van der Waals surface area contributed by atoms with Crippen molar-refractivity contribution in [2.24, 2.45) is 5.14 Å². The second-order valence-electron chi connectivity index (χ2n) is 4.45. The molecule has 0 saturated carbocycles. The second-order valence-corrected chi connectivity index (χ2v) is 6.98. The van der Waals surface area contributed by atoms with E-state index in [4.69, 9.17) is 5.14 Å². The Balaban J connectivity index is 1.94. The third-order valence-electron chi connectivity index (χ3n) is 2.65. The van der Waals surface area contributed by atoms with Crippen LogP contribution in [0.3, 0.4) is 0 Å². The zero-order valence-electron chi connectivity index (χ0n) is 11.9. The first kappa shape index (κ1) is 17.1. The highest BCUT2D eigenvalue weighted by Crippen LogP contribution is 2.14. The molecular weight excluding hydrogens is 342 g/mol. The number of aromatic amines is 1. The number of rotatable bonds is 5. The highest BCUT2D eigenvalue weighted by molar-refractivity contribution is 7.99. The summed E-state index contributed by atoms with van der Waals surface area (Å²) < 4.78 is 22.2. The van der Waals surface area contributed by atoms with E-state index < -0.39 is 10.0 Å². The summed E-state index contributed by atoms with van der Waals surface area (Å²) in [7, 11) is -3.77. The summed E-state index contributed by atoms with van der Waals surface area (Å²) in [6.45, 7) is 1.53. The van der Waals surface area contributed by atoms with Gasteiger partial charge in [-0.05, 0) is 31.2 Å². The fraction of sp³-hybridized carbons (Fsp3) is 0.167. The van der Waals surface area contributed by atoms with Crippen molar-refractivity contribution < 1.29 is 13.2 Å². The van der Waals surface area contributed by atoms with E-state index in [1.807, 2.05) is 0 Å². The number of carbonyl (C=O) groups is 1. The SMILES string of the molecule is Cc1nnc(SCC(=O)Nc2ccc(S(N)(=O)=O)cc2)[nH]c1=O. The van der Waals surface area contributed by atoms with E-state index in [0.29, 0.717) is 5.69 Å². The molecule has 2 rings (SSSR count). The van der Waals surface area contributed by atoms with E-state index in [1.165, 1.54) is 31.2 Å². The molecule has 122 valence electrons. The summed E-state index contributed by atoms with van der Waals surface area (Å²) in [5.41, 5.74) is 0.307. The standard InChI is InChI=1S/C12H13N5O4S2/c1-7-11(19)15-12(17-16-7)22-6-10(18)14-8-2-4-9(5-3-8)23(13,20)21/h2-5H,6H2,1H3,(H,14,18)(H2,13,20,21)(H,15,17,19). The van der Waals surface area contributed by atoms with Crippen molar-refractivity contribution >= 4 is 33.4 Å². The molecule has 0 radical (unpaired) electrons. The number of amides is 1. The number of sulfonamides is 1. The number of nitrogens with two attached hydrogens (primary N) is 1. The molecule has 1 aromatic carbocycles. The van der Waals surface area contributed by atoms with Gasteiger partial charge < -0.3 is 5.32 Å². The van der Waals surface area contributed by atoms with E-state index in [-0.39, 0.29) is 33.0 Å². The maximum absolute atomic E-state index is 11.8. The molecule has 1 heterocycles. The van der Waals surface area contributed by atoms with Crippen LogP contribution in [0.25, 0.3) is 0 Å². The van der Waals surface area contributed by atoms with Crippen molar-refractivity contribution in [1.29, 1.82) is 0 Å². The van der Waals surface area contributed by atoms with Crippen molar-refractivity contribution in [3.63, 3.8) is 0 Å². The summed E-state index contributed by atoms with van der Waals surface area (Å²) in [5, 5.41) is 15.2. The number of hydrogen-bond acceptors (Lipinski definition) is 7. The number of hydrogen-bond donors (Lipinski definition) is 3. The van der Waals surface area contributed by atoms with Crippen LogP contribution < -0.4 is 16.0 Å². The van der Waals surface area contributed by atoms with Gasteiger partial charge in [0.1, 0.15) is 5.69 Å². The van der Waals surface area contributed by atoms with Crippen LogP contribution in [0.2, 0.25) is 0 Å². The van der Waals surface area contributed by atoms with Gasteiger partial charge in [0.05, 0.1) is 10.6 Å². The van der Waals surface area contributed by atoms with Gasteiger partial charge in [-0.25, -0.2) is 13.6 Å². The molecule has 11 heteroatoms. The molecular formula is C12H13N5O4S2. The van der Waals surface area contributed by atoms with E-state index in [2.05, 4.69) is 20.5 Å². The molecule has 0 bridgehead atoms. The highest BCUT2D eigenvalue weighted by atomic mass is 32.2. The number of carbonyl (C=O) groups excluding carboxylic acids is 1. The van der Waals surface area contributed by atoms with E-state index in [1.54, 1.807) is 0 Å². The number of thioether (sulfide) groups is 1. The zero-order chi connectivity index (χ0) is 17.0. The third kappa shape index (κ3) is 4.87. The molecule has 0 atom stereocenters. The van der Waals surface area contributed by atoms with Gasteiger partial charge in [0.15, 0.2) is 5.16 Å². The first-order valence-electron chi connectivity index (χ1n) is 6.25. The lowest BCUT2D eigenvalue weighted by atomic mass is 10.3. The van der Waals surface area contributed by atoms with Crippen LogP contribution in [0.5, 0.6) is 0 Å². The molecule has 4 N–H and O–H groups in total. The minimum Gasteiger partial charge on any atom is -0.325 e. The van der Waals surface area contributed by atoms with Crippen molar-refractivity contribution in [3.05, 3.63) is 40.3 Å². The van der Waals surface area contributed by atoms with Crippen molar-refractivity contribution in [1.82, 2.24) is 15.2 Å². The van der Waals surface area contributed by atoms with Gasteiger partial charge in [0.25, 0.3) is 5.56 Å². The first-order chi connectivity index (χ1) is 10.8. The molecule has 1 amide bonds. The summed E-state index contributed by atoms with van der Waals surface area (Å²) in [4.78, 5) is 25.6. The fourth-order valence-electron chi connectivity index (χ4n) is 1.50. The van der Waals surface area contributed by atoms with Gasteiger partial charge in [-0.2, -0.15) is 0 Å². The topological polar surface area (TPSA) is 148 Å². The van der Waals surface area contributed by atoms with E-state index in [9.17, 15) is 18.0 Å². The highest BCUT2D eigenvalue weighted by Gasteiger charge is 2.09. The van der Waals surface area contributed by atoms with Crippen LogP contribution in [0.4, 0.5) is 5.69 Å². The van der Waals surface area contributed by atoms with Crippen LogP contribution in [0.15, 0.2) is 39.1 Å². The number of aromatic nitrogens is 3. The maximum Gasteiger partial charge on any atom is 0.273 e. The van der Waals surface area contributed by atoms with Crippen LogP contribution in [0, 0.1) is 6.92 Å². The van der Waals surface area contributed by atoms with Crippen LogP contribution in [-0.4, -0.2) is 35.3 Å². The number of benzene rings is 1. The van der Waals surface area contributed by atoms with Gasteiger partial charge in [0, 0.05) is 5.69 Å². The molecule has 0 spiro atoms. The van der Waals surface area contributed by atoms with Crippen molar-refractivity contribution in [2.45, 2.75) is 17.0 Å². The van der Waals surface area contributed by atoms with Gasteiger partial charge >= 0.3 is 0 Å².